The first kappa shape index (κ1) is 13.1. The second-order valence-corrected chi connectivity index (χ2v) is 7.12. The molecule has 0 spiro atoms. The van der Waals surface area contributed by atoms with Crippen molar-refractivity contribution in [3.05, 3.63) is 21.4 Å². The molecule has 1 amide bonds. The lowest BCUT2D eigenvalue weighted by Crippen LogP contribution is -2.47. The van der Waals surface area contributed by atoms with Gasteiger partial charge in [-0.3, -0.25) is 4.79 Å². The second kappa shape index (κ2) is 4.91. The number of nitrogens with one attached hydrogen (secondary N) is 1. The summed E-state index contributed by atoms with van der Waals surface area (Å²) in [7, 11) is 0. The van der Waals surface area contributed by atoms with E-state index in [1.807, 2.05) is 5.38 Å². The zero-order valence-electron chi connectivity index (χ0n) is 11.4. The van der Waals surface area contributed by atoms with E-state index < -0.39 is 5.60 Å². The highest BCUT2D eigenvalue weighted by Crippen LogP contribution is 2.33. The highest BCUT2D eigenvalue weighted by Gasteiger charge is 2.35. The molecular formula is C15H21NO2S. The van der Waals surface area contributed by atoms with Crippen LogP contribution in [0.4, 0.5) is 0 Å². The summed E-state index contributed by atoms with van der Waals surface area (Å²) in [4.78, 5) is 13.6. The van der Waals surface area contributed by atoms with Crippen molar-refractivity contribution >= 4 is 17.2 Å². The molecule has 1 saturated carbocycles. The lowest BCUT2D eigenvalue weighted by atomic mass is 9.80. The minimum atomic E-state index is -0.639. The molecule has 1 heterocycles. The van der Waals surface area contributed by atoms with Gasteiger partial charge >= 0.3 is 0 Å². The molecule has 1 aromatic rings. The zero-order chi connectivity index (χ0) is 13.5. The van der Waals surface area contributed by atoms with Crippen LogP contribution in [0.5, 0.6) is 0 Å². The van der Waals surface area contributed by atoms with E-state index in [1.54, 1.807) is 11.3 Å². The largest absolute Gasteiger partial charge is 0.388 e. The number of rotatable bonds is 3. The van der Waals surface area contributed by atoms with Gasteiger partial charge in [0, 0.05) is 16.8 Å². The maximum Gasteiger partial charge on any atom is 0.252 e. The van der Waals surface area contributed by atoms with Crippen molar-refractivity contribution < 1.29 is 9.90 Å². The summed E-state index contributed by atoms with van der Waals surface area (Å²) in [6.07, 6.45) is 6.00. The van der Waals surface area contributed by atoms with Crippen molar-refractivity contribution in [1.29, 1.82) is 0 Å². The first-order valence-electron chi connectivity index (χ1n) is 7.17. The van der Waals surface area contributed by atoms with E-state index >= 15 is 0 Å². The summed E-state index contributed by atoms with van der Waals surface area (Å²) in [6, 6.07) is 0. The van der Waals surface area contributed by atoms with Crippen LogP contribution in [0.15, 0.2) is 5.38 Å². The van der Waals surface area contributed by atoms with E-state index in [0.29, 0.717) is 6.54 Å². The van der Waals surface area contributed by atoms with Crippen LogP contribution in [0.3, 0.4) is 0 Å². The number of fused-ring (bicyclic) bond motifs is 1. The number of carbonyl (C=O) groups excluding carboxylic acids is 1. The Kier molecular flexibility index (Phi) is 3.39. The van der Waals surface area contributed by atoms with E-state index in [9.17, 15) is 9.90 Å². The standard InChI is InChI=1S/C15H21NO2S/c1-10-3-4-11-12(8-19-13(11)7-10)14(17)16-9-15(18)5-2-6-15/h8,10,18H,2-7,9H2,1H3,(H,16,17). The molecule has 2 aliphatic carbocycles. The van der Waals surface area contributed by atoms with Crippen LogP contribution in [0.2, 0.25) is 0 Å². The highest BCUT2D eigenvalue weighted by atomic mass is 32.1. The Bertz CT molecular complexity index is 490. The van der Waals surface area contributed by atoms with Gasteiger partial charge in [-0.1, -0.05) is 6.92 Å². The minimum Gasteiger partial charge on any atom is -0.388 e. The molecule has 0 bridgehead atoms. The molecule has 3 rings (SSSR count). The minimum absolute atomic E-state index is 0.00706. The van der Waals surface area contributed by atoms with E-state index in [1.165, 1.54) is 16.9 Å². The third-order valence-corrected chi connectivity index (χ3v) is 5.56. The van der Waals surface area contributed by atoms with Crippen LogP contribution < -0.4 is 5.32 Å². The van der Waals surface area contributed by atoms with E-state index in [-0.39, 0.29) is 5.91 Å². The van der Waals surface area contributed by atoms with E-state index in [2.05, 4.69) is 12.2 Å². The van der Waals surface area contributed by atoms with Crippen molar-refractivity contribution in [3.8, 4) is 0 Å². The summed E-state index contributed by atoms with van der Waals surface area (Å²) >= 11 is 1.71. The molecule has 4 heteroatoms. The van der Waals surface area contributed by atoms with Crippen LogP contribution in [0.25, 0.3) is 0 Å². The molecule has 2 N–H and O–H groups in total. The van der Waals surface area contributed by atoms with Gasteiger partial charge in [-0.05, 0) is 50.0 Å². The van der Waals surface area contributed by atoms with Crippen molar-refractivity contribution in [3.63, 3.8) is 0 Å². The van der Waals surface area contributed by atoms with Gasteiger partial charge in [0.1, 0.15) is 0 Å². The fourth-order valence-corrected chi connectivity index (χ4v) is 4.21. The van der Waals surface area contributed by atoms with Gasteiger partial charge in [0.05, 0.1) is 11.2 Å². The third kappa shape index (κ3) is 2.56. The fraction of sp³-hybridized carbons (Fsp3) is 0.667. The molecule has 0 aromatic carbocycles. The molecule has 1 fully saturated rings. The third-order valence-electron chi connectivity index (χ3n) is 4.51. The SMILES string of the molecule is CC1CCc2c(C(=O)NCC3(O)CCC3)csc2C1. The van der Waals surface area contributed by atoms with Crippen molar-refractivity contribution in [2.24, 2.45) is 5.92 Å². The monoisotopic (exact) mass is 279 g/mol. The molecular weight excluding hydrogens is 258 g/mol. The quantitative estimate of drug-likeness (QED) is 0.893. The van der Waals surface area contributed by atoms with Crippen LogP contribution in [0, 0.1) is 5.92 Å². The van der Waals surface area contributed by atoms with E-state index in [4.69, 9.17) is 0 Å². The predicted molar refractivity (Wildman–Crippen MR) is 76.6 cm³/mol. The average molecular weight is 279 g/mol. The summed E-state index contributed by atoms with van der Waals surface area (Å²) < 4.78 is 0. The van der Waals surface area contributed by atoms with Gasteiger partial charge < -0.3 is 10.4 Å². The zero-order valence-corrected chi connectivity index (χ0v) is 12.2. The number of aliphatic hydroxyl groups is 1. The van der Waals surface area contributed by atoms with Crippen LogP contribution in [0.1, 0.15) is 53.4 Å². The van der Waals surface area contributed by atoms with Crippen LogP contribution >= 0.6 is 11.3 Å². The summed E-state index contributed by atoms with van der Waals surface area (Å²) in [5.41, 5.74) is 1.45. The Labute approximate surface area is 118 Å². The summed E-state index contributed by atoms with van der Waals surface area (Å²) in [5.74, 6) is 0.727. The predicted octanol–water partition coefficient (Wildman–Crippen LogP) is 2.52. The molecule has 1 aromatic heterocycles. The first-order valence-corrected chi connectivity index (χ1v) is 8.05. The lowest BCUT2D eigenvalue weighted by molar-refractivity contribution is -0.0300. The molecule has 2 aliphatic rings. The Hall–Kier alpha value is -0.870. The Morgan fingerprint density at radius 2 is 2.37 bits per heavy atom. The highest BCUT2D eigenvalue weighted by molar-refractivity contribution is 7.10. The summed E-state index contributed by atoms with van der Waals surface area (Å²) in [5, 5.41) is 14.9. The van der Waals surface area contributed by atoms with Gasteiger partial charge in [-0.25, -0.2) is 0 Å². The lowest BCUT2D eigenvalue weighted by Gasteiger charge is -2.36. The van der Waals surface area contributed by atoms with Crippen molar-refractivity contribution in [1.82, 2.24) is 5.32 Å². The van der Waals surface area contributed by atoms with Gasteiger partial charge in [0.2, 0.25) is 0 Å². The Morgan fingerprint density at radius 3 is 3.05 bits per heavy atom. The molecule has 104 valence electrons. The summed E-state index contributed by atoms with van der Waals surface area (Å²) in [6.45, 7) is 2.67. The van der Waals surface area contributed by atoms with E-state index in [0.717, 1.165) is 43.6 Å². The second-order valence-electron chi connectivity index (χ2n) is 6.16. The smallest absolute Gasteiger partial charge is 0.252 e. The van der Waals surface area contributed by atoms with Crippen LogP contribution in [-0.4, -0.2) is 23.2 Å². The molecule has 1 unspecified atom stereocenters. The first-order chi connectivity index (χ1) is 9.07. The molecule has 19 heavy (non-hydrogen) atoms. The number of hydrogen-bond donors (Lipinski definition) is 2. The van der Waals surface area contributed by atoms with Crippen molar-refractivity contribution in [2.75, 3.05) is 6.54 Å². The average Bonchev–Trinajstić information content (AvgIpc) is 2.76. The molecule has 0 aliphatic heterocycles. The van der Waals surface area contributed by atoms with Gasteiger partial charge in [-0.15, -0.1) is 11.3 Å². The fourth-order valence-electron chi connectivity index (χ4n) is 2.97. The molecule has 0 saturated heterocycles. The Morgan fingerprint density at radius 1 is 1.58 bits per heavy atom. The number of hydrogen-bond acceptors (Lipinski definition) is 3. The van der Waals surface area contributed by atoms with Crippen LogP contribution in [-0.2, 0) is 12.8 Å². The maximum atomic E-state index is 12.2. The van der Waals surface area contributed by atoms with Gasteiger partial charge in [0.25, 0.3) is 5.91 Å². The normalized spacial score (nSPS) is 24.4. The topological polar surface area (TPSA) is 49.3 Å². The van der Waals surface area contributed by atoms with Crippen molar-refractivity contribution in [2.45, 2.75) is 51.0 Å². The van der Waals surface area contributed by atoms with Gasteiger partial charge in [-0.2, -0.15) is 0 Å². The van der Waals surface area contributed by atoms with Gasteiger partial charge in [0.15, 0.2) is 0 Å². The number of carbonyl (C=O) groups is 1. The molecule has 0 radical (unpaired) electrons. The molecule has 3 nitrogen and oxygen atoms in total. The maximum absolute atomic E-state index is 12.2. The Balaban J connectivity index is 1.67. The number of thiophene rings is 1. The molecule has 1 atom stereocenters. The number of amides is 1.